The molecular weight excluding hydrogens is 457 g/mol. The maximum absolute atomic E-state index is 12.2. The molecule has 0 aliphatic heterocycles. The van der Waals surface area contributed by atoms with Gasteiger partial charge in [0.25, 0.3) is 5.69 Å². The van der Waals surface area contributed by atoms with E-state index in [1.54, 1.807) is 42.5 Å². The van der Waals surface area contributed by atoms with Crippen LogP contribution in [-0.2, 0) is 0 Å². The van der Waals surface area contributed by atoms with Gasteiger partial charge in [0.2, 0.25) is 0 Å². The Labute approximate surface area is 190 Å². The number of amides is 1. The zero-order chi connectivity index (χ0) is 22.7. The minimum atomic E-state index is -0.585. The number of rotatable bonds is 6. The zero-order valence-corrected chi connectivity index (χ0v) is 17.6. The molecule has 0 saturated carbocycles. The van der Waals surface area contributed by atoms with Crippen LogP contribution in [0, 0.1) is 10.1 Å². The number of benzene rings is 3. The highest BCUT2D eigenvalue weighted by Gasteiger charge is 2.13. The number of ether oxygens (including phenoxy) is 1. The molecule has 1 heterocycles. The smallest absolute Gasteiger partial charge is 0.307 e. The van der Waals surface area contributed by atoms with E-state index in [1.165, 1.54) is 24.4 Å². The van der Waals surface area contributed by atoms with Crippen molar-refractivity contribution in [3.8, 4) is 11.5 Å². The maximum atomic E-state index is 12.2. The minimum absolute atomic E-state index is 0.0124. The van der Waals surface area contributed by atoms with Crippen molar-refractivity contribution in [2.24, 2.45) is 5.10 Å². The first-order valence-corrected chi connectivity index (χ1v) is 9.84. The molecule has 0 aliphatic rings. The van der Waals surface area contributed by atoms with Crippen LogP contribution >= 0.6 is 23.2 Å². The second-order valence-corrected chi connectivity index (χ2v) is 7.39. The number of carbonyl (C=O) groups is 1. The first kappa shape index (κ1) is 21.3. The average molecular weight is 470 g/mol. The van der Waals surface area contributed by atoms with Gasteiger partial charge in [-0.25, -0.2) is 10.4 Å². The number of aromatic nitrogens is 2. The summed E-state index contributed by atoms with van der Waals surface area (Å²) in [5, 5.41) is 15.7. The molecule has 0 aliphatic carbocycles. The van der Waals surface area contributed by atoms with Crippen LogP contribution < -0.4 is 10.2 Å². The number of aromatic amines is 1. The Hall–Kier alpha value is -3.95. The number of fused-ring (bicyclic) bond motifs is 1. The summed E-state index contributed by atoms with van der Waals surface area (Å²) >= 11 is 11.9. The van der Waals surface area contributed by atoms with Crippen molar-refractivity contribution in [3.05, 3.63) is 92.2 Å². The predicted octanol–water partition coefficient (Wildman–Crippen LogP) is 5.33. The number of nitro benzene ring substituents is 1. The predicted molar refractivity (Wildman–Crippen MR) is 121 cm³/mol. The largest absolute Gasteiger partial charge is 0.457 e. The molecule has 11 heteroatoms. The Morgan fingerprint density at radius 3 is 2.47 bits per heavy atom. The van der Waals surface area contributed by atoms with Crippen molar-refractivity contribution in [2.45, 2.75) is 0 Å². The minimum Gasteiger partial charge on any atom is -0.457 e. The standard InChI is InChI=1S/C21H13Cl2N5O4/c22-13-7-14(23)9-17(8-13)32-16-4-1-12(2-5-16)11-24-27-21(29)20-25-18-6-3-15(28(30)31)10-19(18)26-20/h1-11H,(H,25,26)(H,27,29)/b24-11+. The number of nitrogens with zero attached hydrogens (tertiary/aromatic N) is 3. The number of halogens is 2. The van der Waals surface area contributed by atoms with Gasteiger partial charge in [0, 0.05) is 22.2 Å². The monoisotopic (exact) mass is 469 g/mol. The van der Waals surface area contributed by atoms with E-state index in [0.29, 0.717) is 38.1 Å². The Morgan fingerprint density at radius 2 is 1.78 bits per heavy atom. The van der Waals surface area contributed by atoms with Crippen LogP contribution in [-0.4, -0.2) is 27.0 Å². The van der Waals surface area contributed by atoms with E-state index < -0.39 is 10.8 Å². The third-order valence-electron chi connectivity index (χ3n) is 4.22. The molecule has 1 aromatic heterocycles. The van der Waals surface area contributed by atoms with Gasteiger partial charge in [-0.1, -0.05) is 23.2 Å². The van der Waals surface area contributed by atoms with Crippen LogP contribution in [0.5, 0.6) is 11.5 Å². The van der Waals surface area contributed by atoms with E-state index in [-0.39, 0.29) is 11.5 Å². The lowest BCUT2D eigenvalue weighted by atomic mass is 10.2. The Morgan fingerprint density at radius 1 is 1.06 bits per heavy atom. The highest BCUT2D eigenvalue weighted by molar-refractivity contribution is 6.34. The molecule has 0 bridgehead atoms. The molecule has 0 saturated heterocycles. The first-order chi connectivity index (χ1) is 15.4. The van der Waals surface area contributed by atoms with E-state index in [0.717, 1.165) is 0 Å². The van der Waals surface area contributed by atoms with Gasteiger partial charge in [0.05, 0.1) is 22.2 Å². The highest BCUT2D eigenvalue weighted by atomic mass is 35.5. The summed E-state index contributed by atoms with van der Waals surface area (Å²) in [6.07, 6.45) is 1.45. The molecule has 0 atom stereocenters. The van der Waals surface area contributed by atoms with E-state index >= 15 is 0 Å². The van der Waals surface area contributed by atoms with E-state index in [4.69, 9.17) is 27.9 Å². The summed E-state index contributed by atoms with van der Waals surface area (Å²) < 4.78 is 5.71. The van der Waals surface area contributed by atoms with Gasteiger partial charge >= 0.3 is 5.91 Å². The molecule has 32 heavy (non-hydrogen) atoms. The molecule has 1 amide bonds. The third kappa shape index (κ3) is 5.02. The molecule has 9 nitrogen and oxygen atoms in total. The lowest BCUT2D eigenvalue weighted by molar-refractivity contribution is -0.384. The van der Waals surface area contributed by atoms with Gasteiger partial charge in [-0.2, -0.15) is 5.10 Å². The van der Waals surface area contributed by atoms with Crippen LogP contribution in [0.4, 0.5) is 5.69 Å². The number of H-pyrrole nitrogens is 1. The fraction of sp³-hybridized carbons (Fsp3) is 0. The second-order valence-electron chi connectivity index (χ2n) is 6.52. The summed E-state index contributed by atoms with van der Waals surface area (Å²) in [5.41, 5.74) is 3.78. The van der Waals surface area contributed by atoms with Crippen molar-refractivity contribution in [1.82, 2.24) is 15.4 Å². The van der Waals surface area contributed by atoms with Gasteiger partial charge in [-0.15, -0.1) is 0 Å². The Kier molecular flexibility index (Phi) is 6.02. The van der Waals surface area contributed by atoms with E-state index in [2.05, 4.69) is 20.5 Å². The van der Waals surface area contributed by atoms with Crippen molar-refractivity contribution in [1.29, 1.82) is 0 Å². The zero-order valence-electron chi connectivity index (χ0n) is 16.1. The summed E-state index contributed by atoms with van der Waals surface area (Å²) in [6, 6.07) is 15.9. The number of carbonyl (C=O) groups excluding carboxylic acids is 1. The quantitative estimate of drug-likeness (QED) is 0.224. The SMILES string of the molecule is O=C(N/N=C/c1ccc(Oc2cc(Cl)cc(Cl)c2)cc1)c1nc2ccc([N+](=O)[O-])cc2[nH]1. The van der Waals surface area contributed by atoms with Crippen LogP contribution in [0.2, 0.25) is 10.0 Å². The molecule has 0 fully saturated rings. The molecule has 160 valence electrons. The lowest BCUT2D eigenvalue weighted by Gasteiger charge is -2.07. The average Bonchev–Trinajstić information content (AvgIpc) is 3.18. The first-order valence-electron chi connectivity index (χ1n) is 9.09. The molecule has 4 aromatic rings. The van der Waals surface area contributed by atoms with E-state index in [1.807, 2.05) is 0 Å². The van der Waals surface area contributed by atoms with E-state index in [9.17, 15) is 14.9 Å². The molecule has 3 aromatic carbocycles. The van der Waals surface area contributed by atoms with Gasteiger partial charge in [-0.05, 0) is 54.1 Å². The molecule has 0 spiro atoms. The maximum Gasteiger partial charge on any atom is 0.307 e. The van der Waals surface area contributed by atoms with Gasteiger partial charge in [0.15, 0.2) is 5.82 Å². The summed E-state index contributed by atoms with van der Waals surface area (Å²) in [7, 11) is 0. The number of hydrazone groups is 1. The fourth-order valence-corrected chi connectivity index (χ4v) is 3.29. The van der Waals surface area contributed by atoms with Crippen LogP contribution in [0.1, 0.15) is 16.2 Å². The second kappa shape index (κ2) is 9.04. The van der Waals surface area contributed by atoms with Gasteiger partial charge in [0.1, 0.15) is 11.5 Å². The molecule has 2 N–H and O–H groups in total. The summed E-state index contributed by atoms with van der Waals surface area (Å²) in [4.78, 5) is 29.4. The third-order valence-corrected chi connectivity index (χ3v) is 4.66. The number of hydrogen-bond acceptors (Lipinski definition) is 6. The van der Waals surface area contributed by atoms with Crippen LogP contribution in [0.25, 0.3) is 11.0 Å². The van der Waals surface area contributed by atoms with Gasteiger partial charge < -0.3 is 9.72 Å². The van der Waals surface area contributed by atoms with Crippen LogP contribution in [0.3, 0.4) is 0 Å². The number of non-ortho nitro benzene ring substituents is 1. The normalized spacial score (nSPS) is 11.1. The number of nitrogens with one attached hydrogen (secondary N) is 2. The Balaban J connectivity index is 1.38. The topological polar surface area (TPSA) is 123 Å². The summed E-state index contributed by atoms with van der Waals surface area (Å²) in [6.45, 7) is 0. The molecule has 0 radical (unpaired) electrons. The highest BCUT2D eigenvalue weighted by Crippen LogP contribution is 2.28. The number of nitro groups is 1. The molecule has 0 unspecified atom stereocenters. The number of imidazole rings is 1. The van der Waals surface area contributed by atoms with Crippen molar-refractivity contribution < 1.29 is 14.5 Å². The summed E-state index contributed by atoms with van der Waals surface area (Å²) in [5.74, 6) is 0.479. The van der Waals surface area contributed by atoms with Crippen molar-refractivity contribution in [3.63, 3.8) is 0 Å². The van der Waals surface area contributed by atoms with Crippen LogP contribution in [0.15, 0.2) is 65.8 Å². The lowest BCUT2D eigenvalue weighted by Crippen LogP contribution is -2.19. The van der Waals surface area contributed by atoms with Crippen molar-refractivity contribution in [2.75, 3.05) is 0 Å². The molecule has 4 rings (SSSR count). The van der Waals surface area contributed by atoms with Crippen molar-refractivity contribution >= 4 is 52.0 Å². The molecular formula is C21H13Cl2N5O4. The Bertz CT molecular complexity index is 1330. The fourth-order valence-electron chi connectivity index (χ4n) is 2.78. The van der Waals surface area contributed by atoms with Gasteiger partial charge in [-0.3, -0.25) is 14.9 Å². The number of hydrogen-bond donors (Lipinski definition) is 2.